The van der Waals surface area contributed by atoms with Gasteiger partial charge in [-0.05, 0) is 62.7 Å². The van der Waals surface area contributed by atoms with Gasteiger partial charge in [0, 0.05) is 34.6 Å². The summed E-state index contributed by atoms with van der Waals surface area (Å²) in [6, 6.07) is 11.7. The first kappa shape index (κ1) is 22.8. The predicted molar refractivity (Wildman–Crippen MR) is 119 cm³/mol. The fourth-order valence-corrected chi connectivity index (χ4v) is 3.82. The first-order chi connectivity index (χ1) is 14.8. The highest BCUT2D eigenvalue weighted by molar-refractivity contribution is 9.10. The molecule has 3 rings (SSSR count). The van der Waals surface area contributed by atoms with E-state index in [1.165, 1.54) is 6.08 Å². The number of rotatable bonds is 5. The molecule has 0 saturated carbocycles. The van der Waals surface area contributed by atoms with Crippen molar-refractivity contribution in [3.63, 3.8) is 0 Å². The Hall–Kier alpha value is -2.89. The molecule has 1 saturated heterocycles. The lowest BCUT2D eigenvalue weighted by Gasteiger charge is -2.30. The topological polar surface area (TPSA) is 84.6 Å². The number of hydrogen-bond acceptors (Lipinski definition) is 5. The number of ether oxygens (including phenoxy) is 2. The number of carbonyl (C=O) groups excluding carboxylic acids is 2. The van der Waals surface area contributed by atoms with Crippen LogP contribution in [0, 0.1) is 25.2 Å². The average molecular weight is 486 g/mol. The smallest absolute Gasteiger partial charge is 0.349 e. The van der Waals surface area contributed by atoms with Crippen LogP contribution in [0.5, 0.6) is 0 Å². The van der Waals surface area contributed by atoms with E-state index in [-0.39, 0.29) is 17.6 Å². The van der Waals surface area contributed by atoms with Crippen molar-refractivity contribution in [2.24, 2.45) is 0 Å². The normalized spacial score (nSPS) is 16.7. The first-order valence-corrected chi connectivity index (χ1v) is 10.7. The van der Waals surface area contributed by atoms with Crippen molar-refractivity contribution >= 4 is 33.9 Å². The number of halogens is 1. The fourth-order valence-electron chi connectivity index (χ4n) is 3.55. The van der Waals surface area contributed by atoms with Gasteiger partial charge in [0.25, 0.3) is 5.91 Å². The molecule has 0 radical (unpaired) electrons. The van der Waals surface area contributed by atoms with Crippen LogP contribution in [0.15, 0.2) is 40.4 Å². The van der Waals surface area contributed by atoms with E-state index in [0.29, 0.717) is 19.7 Å². The molecule has 0 aliphatic carbocycles. The summed E-state index contributed by atoms with van der Waals surface area (Å²) in [5.41, 5.74) is 3.41. The highest BCUT2D eigenvalue weighted by Crippen LogP contribution is 2.24. The molecule has 162 valence electrons. The molecule has 7 nitrogen and oxygen atoms in total. The van der Waals surface area contributed by atoms with E-state index in [4.69, 9.17) is 9.47 Å². The third kappa shape index (κ3) is 5.43. The Labute approximate surface area is 190 Å². The Morgan fingerprint density at radius 1 is 1.32 bits per heavy atom. The van der Waals surface area contributed by atoms with Crippen LogP contribution in [0.2, 0.25) is 0 Å². The minimum Gasteiger partial charge on any atom is -0.451 e. The lowest BCUT2D eigenvalue weighted by molar-refractivity contribution is -0.152. The van der Waals surface area contributed by atoms with Gasteiger partial charge >= 0.3 is 5.97 Å². The number of hydrogen-bond donors (Lipinski definition) is 0. The standard InChI is InChI=1S/C23H24BrN3O4/c1-15-10-18(17(3)27(15)21-6-4-20(24)5-7-21)11-19(12-25)23(29)31-14-22(28)26-8-9-30-16(2)13-26/h4-7,10-11,16H,8-9,13-14H2,1-3H3/b19-11+. The summed E-state index contributed by atoms with van der Waals surface area (Å²) < 4.78 is 13.6. The second-order valence-electron chi connectivity index (χ2n) is 7.41. The van der Waals surface area contributed by atoms with E-state index in [9.17, 15) is 14.9 Å². The third-order valence-corrected chi connectivity index (χ3v) is 5.64. The van der Waals surface area contributed by atoms with Crippen LogP contribution in [-0.4, -0.2) is 53.8 Å². The molecule has 8 heteroatoms. The molecule has 2 heterocycles. The van der Waals surface area contributed by atoms with Gasteiger partial charge in [0.05, 0.1) is 12.7 Å². The van der Waals surface area contributed by atoms with Gasteiger partial charge in [-0.25, -0.2) is 4.79 Å². The predicted octanol–water partition coefficient (Wildman–Crippen LogP) is 3.55. The quantitative estimate of drug-likeness (QED) is 0.367. The van der Waals surface area contributed by atoms with Crippen molar-refractivity contribution in [3.05, 3.63) is 57.3 Å². The molecular formula is C23H24BrN3O4. The molecule has 0 bridgehead atoms. The first-order valence-electron chi connectivity index (χ1n) is 9.93. The SMILES string of the molecule is Cc1cc(/C=C(\C#N)C(=O)OCC(=O)N2CCOC(C)C2)c(C)n1-c1ccc(Br)cc1. The van der Waals surface area contributed by atoms with Crippen LogP contribution in [0.1, 0.15) is 23.9 Å². The van der Waals surface area contributed by atoms with Crippen LogP contribution < -0.4 is 0 Å². The molecule has 2 aromatic rings. The zero-order valence-corrected chi connectivity index (χ0v) is 19.3. The number of aromatic nitrogens is 1. The summed E-state index contributed by atoms with van der Waals surface area (Å²) >= 11 is 3.43. The van der Waals surface area contributed by atoms with E-state index in [0.717, 1.165) is 27.1 Å². The number of benzene rings is 1. The van der Waals surface area contributed by atoms with Crippen LogP contribution in [0.3, 0.4) is 0 Å². The maximum Gasteiger partial charge on any atom is 0.349 e. The van der Waals surface area contributed by atoms with Gasteiger partial charge in [0.15, 0.2) is 6.61 Å². The Morgan fingerprint density at radius 2 is 2.03 bits per heavy atom. The number of carbonyl (C=O) groups is 2. The summed E-state index contributed by atoms with van der Waals surface area (Å²) in [7, 11) is 0. The van der Waals surface area contributed by atoms with Crippen LogP contribution in [0.4, 0.5) is 0 Å². The number of morpholine rings is 1. The second kappa shape index (κ2) is 9.94. The summed E-state index contributed by atoms with van der Waals surface area (Å²) in [4.78, 5) is 26.3. The van der Waals surface area contributed by atoms with Crippen molar-refractivity contribution < 1.29 is 19.1 Å². The van der Waals surface area contributed by atoms with Crippen molar-refractivity contribution in [1.82, 2.24) is 9.47 Å². The maximum absolute atomic E-state index is 12.4. The highest BCUT2D eigenvalue weighted by atomic mass is 79.9. The van der Waals surface area contributed by atoms with E-state index in [2.05, 4.69) is 15.9 Å². The zero-order valence-electron chi connectivity index (χ0n) is 17.7. The maximum atomic E-state index is 12.4. The Balaban J connectivity index is 1.73. The second-order valence-corrected chi connectivity index (χ2v) is 8.32. The summed E-state index contributed by atoms with van der Waals surface area (Å²) in [6.07, 6.45) is 1.45. The van der Waals surface area contributed by atoms with Crippen LogP contribution in [-0.2, 0) is 19.1 Å². The average Bonchev–Trinajstić information content (AvgIpc) is 3.03. The molecule has 1 aromatic carbocycles. The summed E-state index contributed by atoms with van der Waals surface area (Å²) in [6.45, 7) is 6.74. The van der Waals surface area contributed by atoms with E-state index >= 15 is 0 Å². The molecule has 1 atom stereocenters. The van der Waals surface area contributed by atoms with Crippen molar-refractivity contribution in [1.29, 1.82) is 5.26 Å². The van der Waals surface area contributed by atoms with Crippen molar-refractivity contribution in [3.8, 4) is 11.8 Å². The minimum atomic E-state index is -0.814. The Morgan fingerprint density at radius 3 is 2.68 bits per heavy atom. The van der Waals surface area contributed by atoms with Crippen molar-refractivity contribution in [2.75, 3.05) is 26.3 Å². The van der Waals surface area contributed by atoms with Crippen molar-refractivity contribution in [2.45, 2.75) is 26.9 Å². The number of esters is 1. The molecule has 31 heavy (non-hydrogen) atoms. The van der Waals surface area contributed by atoms with Crippen LogP contribution >= 0.6 is 15.9 Å². The van der Waals surface area contributed by atoms with Gasteiger partial charge in [-0.15, -0.1) is 0 Å². The van der Waals surface area contributed by atoms with Gasteiger partial charge in [-0.1, -0.05) is 15.9 Å². The Bertz CT molecular complexity index is 1050. The van der Waals surface area contributed by atoms with E-state index < -0.39 is 12.6 Å². The van der Waals surface area contributed by atoms with E-state index in [1.54, 1.807) is 4.90 Å². The monoisotopic (exact) mass is 485 g/mol. The van der Waals surface area contributed by atoms with E-state index in [1.807, 2.05) is 61.7 Å². The molecule has 1 aromatic heterocycles. The van der Waals surface area contributed by atoms with Gasteiger partial charge in [-0.2, -0.15) is 5.26 Å². The lowest BCUT2D eigenvalue weighted by atomic mass is 10.1. The third-order valence-electron chi connectivity index (χ3n) is 5.12. The van der Waals surface area contributed by atoms with Gasteiger partial charge in [-0.3, -0.25) is 4.79 Å². The van der Waals surface area contributed by atoms with Gasteiger partial charge < -0.3 is 18.9 Å². The Kier molecular flexibility index (Phi) is 7.31. The molecular weight excluding hydrogens is 462 g/mol. The molecule has 1 aliphatic rings. The number of nitrogens with zero attached hydrogens (tertiary/aromatic N) is 3. The minimum absolute atomic E-state index is 0.0519. The van der Waals surface area contributed by atoms with Crippen LogP contribution in [0.25, 0.3) is 11.8 Å². The molecule has 1 fully saturated rings. The molecule has 1 aliphatic heterocycles. The number of nitriles is 1. The molecule has 1 unspecified atom stereocenters. The largest absolute Gasteiger partial charge is 0.451 e. The molecule has 0 spiro atoms. The number of amides is 1. The molecule has 0 N–H and O–H groups in total. The van der Waals surface area contributed by atoms with Gasteiger partial charge in [0.2, 0.25) is 0 Å². The molecule has 1 amide bonds. The summed E-state index contributed by atoms with van der Waals surface area (Å²) in [5.74, 6) is -1.11. The highest BCUT2D eigenvalue weighted by Gasteiger charge is 2.23. The fraction of sp³-hybridized carbons (Fsp3) is 0.348. The zero-order chi connectivity index (χ0) is 22.5. The van der Waals surface area contributed by atoms with Gasteiger partial charge in [0.1, 0.15) is 11.6 Å². The number of aryl methyl sites for hydroxylation is 1. The summed E-state index contributed by atoms with van der Waals surface area (Å²) in [5, 5.41) is 9.48. The lowest BCUT2D eigenvalue weighted by Crippen LogP contribution is -2.46.